The van der Waals surface area contributed by atoms with Crippen LogP contribution in [-0.2, 0) is 14.4 Å². The van der Waals surface area contributed by atoms with Crippen molar-refractivity contribution in [1.82, 2.24) is 5.32 Å². The Morgan fingerprint density at radius 3 is 1.77 bits per heavy atom. The van der Waals surface area contributed by atoms with Gasteiger partial charge >= 0.3 is 5.97 Å². The van der Waals surface area contributed by atoms with Gasteiger partial charge in [0.15, 0.2) is 0 Å². The van der Waals surface area contributed by atoms with E-state index >= 15 is 0 Å². The summed E-state index contributed by atoms with van der Waals surface area (Å²) in [6.45, 7) is 4.60. The summed E-state index contributed by atoms with van der Waals surface area (Å²) in [6, 6.07) is 0. The molecule has 72 valence electrons. The first kappa shape index (κ1) is 11.4. The molecular formula is C8H11NO4. The minimum Gasteiger partial charge on any atom is -0.478 e. The molecule has 0 spiro atoms. The Hall–Kier alpha value is -1.65. The van der Waals surface area contributed by atoms with Crippen molar-refractivity contribution < 1.29 is 19.5 Å². The first-order valence-corrected chi connectivity index (χ1v) is 3.65. The Morgan fingerprint density at radius 1 is 1.38 bits per heavy atom. The maximum Gasteiger partial charge on any atom is 0.330 e. The molecule has 0 unspecified atom stereocenters. The number of rotatable bonds is 1. The molecule has 1 heterocycles. The molecule has 0 atom stereocenters. The van der Waals surface area contributed by atoms with E-state index in [9.17, 15) is 14.4 Å². The fraction of sp³-hybridized carbons (Fsp3) is 0.375. The van der Waals surface area contributed by atoms with Crippen LogP contribution in [0.2, 0.25) is 0 Å². The average Bonchev–Trinajstić information content (AvgIpc) is 2.35. The third-order valence-electron chi connectivity index (χ3n) is 1.22. The third-order valence-corrected chi connectivity index (χ3v) is 1.22. The molecule has 0 aromatic carbocycles. The molecular weight excluding hydrogens is 174 g/mol. The summed E-state index contributed by atoms with van der Waals surface area (Å²) >= 11 is 0. The molecule has 2 N–H and O–H groups in total. The number of carboxylic acids is 1. The van der Waals surface area contributed by atoms with E-state index in [0.29, 0.717) is 12.8 Å². The Morgan fingerprint density at radius 2 is 1.69 bits per heavy atom. The van der Waals surface area contributed by atoms with Gasteiger partial charge in [-0.05, 0) is 6.92 Å². The molecule has 5 heteroatoms. The molecule has 5 nitrogen and oxygen atoms in total. The summed E-state index contributed by atoms with van der Waals surface area (Å²) in [4.78, 5) is 29.8. The number of hydrogen-bond acceptors (Lipinski definition) is 3. The van der Waals surface area contributed by atoms with Gasteiger partial charge in [-0.2, -0.15) is 0 Å². The second kappa shape index (κ2) is 5.08. The number of carbonyl (C=O) groups excluding carboxylic acids is 2. The van der Waals surface area contributed by atoms with Crippen LogP contribution in [0.15, 0.2) is 12.2 Å². The minimum atomic E-state index is -0.935. The van der Waals surface area contributed by atoms with Crippen LogP contribution in [-0.4, -0.2) is 22.9 Å². The van der Waals surface area contributed by atoms with Crippen molar-refractivity contribution in [2.45, 2.75) is 19.8 Å². The Balaban J connectivity index is 0.000000226. The highest BCUT2D eigenvalue weighted by Crippen LogP contribution is 1.95. The number of aliphatic carboxylic acids is 1. The topological polar surface area (TPSA) is 83.5 Å². The van der Waals surface area contributed by atoms with Crippen molar-refractivity contribution in [2.24, 2.45) is 0 Å². The zero-order valence-corrected chi connectivity index (χ0v) is 7.29. The van der Waals surface area contributed by atoms with Crippen molar-refractivity contribution in [2.75, 3.05) is 0 Å². The monoisotopic (exact) mass is 185 g/mol. The first-order valence-electron chi connectivity index (χ1n) is 3.65. The van der Waals surface area contributed by atoms with Gasteiger partial charge in [0.25, 0.3) is 0 Å². The molecule has 0 radical (unpaired) electrons. The van der Waals surface area contributed by atoms with E-state index < -0.39 is 5.97 Å². The largest absolute Gasteiger partial charge is 0.478 e. The average molecular weight is 185 g/mol. The molecule has 1 saturated heterocycles. The molecule has 2 amide bonds. The fourth-order valence-corrected chi connectivity index (χ4v) is 0.508. The quantitative estimate of drug-likeness (QED) is 0.447. The van der Waals surface area contributed by atoms with Gasteiger partial charge in [-0.15, -0.1) is 0 Å². The summed E-state index contributed by atoms with van der Waals surface area (Å²) in [7, 11) is 0. The Bertz CT molecular complexity index is 231. The van der Waals surface area contributed by atoms with Crippen molar-refractivity contribution in [3.8, 4) is 0 Å². The zero-order chi connectivity index (χ0) is 10.4. The van der Waals surface area contributed by atoms with Gasteiger partial charge < -0.3 is 5.11 Å². The lowest BCUT2D eigenvalue weighted by atomic mass is 10.4. The summed E-state index contributed by atoms with van der Waals surface area (Å²) < 4.78 is 0. The van der Waals surface area contributed by atoms with Crippen molar-refractivity contribution in [1.29, 1.82) is 0 Å². The van der Waals surface area contributed by atoms with Crippen LogP contribution < -0.4 is 5.32 Å². The zero-order valence-electron chi connectivity index (χ0n) is 7.29. The van der Waals surface area contributed by atoms with Crippen molar-refractivity contribution in [3.05, 3.63) is 12.2 Å². The van der Waals surface area contributed by atoms with E-state index in [2.05, 4.69) is 11.9 Å². The normalized spacial score (nSPS) is 14.2. The fourth-order valence-electron chi connectivity index (χ4n) is 0.508. The first-order chi connectivity index (χ1) is 5.93. The molecule has 1 aliphatic heterocycles. The van der Waals surface area contributed by atoms with E-state index in [-0.39, 0.29) is 17.4 Å². The van der Waals surface area contributed by atoms with E-state index in [1.54, 1.807) is 0 Å². The SMILES string of the molecule is C=C(C)C(=O)O.O=C1CCC(=O)N1. The highest BCUT2D eigenvalue weighted by molar-refractivity contribution is 6.01. The highest BCUT2D eigenvalue weighted by atomic mass is 16.4. The molecule has 0 aromatic rings. The number of amides is 2. The Kier molecular flexibility index (Phi) is 4.43. The number of hydrogen-bond donors (Lipinski definition) is 2. The minimum absolute atomic E-state index is 0.148. The van der Waals surface area contributed by atoms with Crippen LogP contribution in [0.1, 0.15) is 19.8 Å². The van der Waals surface area contributed by atoms with E-state index in [1.165, 1.54) is 6.92 Å². The molecule has 0 bridgehead atoms. The number of carbonyl (C=O) groups is 3. The number of nitrogens with one attached hydrogen (secondary N) is 1. The summed E-state index contributed by atoms with van der Waals surface area (Å²) in [5, 5.41) is 10.0. The lowest BCUT2D eigenvalue weighted by Gasteiger charge is -1.79. The second-order valence-corrected chi connectivity index (χ2v) is 2.56. The van der Waals surface area contributed by atoms with Gasteiger partial charge in [-0.25, -0.2) is 4.79 Å². The van der Waals surface area contributed by atoms with Crippen molar-refractivity contribution in [3.63, 3.8) is 0 Å². The maximum absolute atomic E-state index is 10.1. The van der Waals surface area contributed by atoms with Crippen LogP contribution in [0.3, 0.4) is 0 Å². The third kappa shape index (κ3) is 5.60. The second-order valence-electron chi connectivity index (χ2n) is 2.56. The number of imide groups is 1. The molecule has 1 rings (SSSR count). The molecule has 1 aliphatic rings. The summed E-state index contributed by atoms with van der Waals surface area (Å²) in [6.07, 6.45) is 0.748. The van der Waals surface area contributed by atoms with Gasteiger partial charge in [-0.3, -0.25) is 14.9 Å². The number of carboxylic acid groups (broad SMARTS) is 1. The molecule has 0 aliphatic carbocycles. The lowest BCUT2D eigenvalue weighted by molar-refractivity contribution is -0.132. The van der Waals surface area contributed by atoms with Crippen LogP contribution >= 0.6 is 0 Å². The lowest BCUT2D eigenvalue weighted by Crippen LogP contribution is -2.18. The van der Waals surface area contributed by atoms with Crippen LogP contribution in [0.4, 0.5) is 0 Å². The van der Waals surface area contributed by atoms with Crippen LogP contribution in [0.25, 0.3) is 0 Å². The van der Waals surface area contributed by atoms with Crippen LogP contribution in [0, 0.1) is 0 Å². The summed E-state index contributed by atoms with van der Waals surface area (Å²) in [5.41, 5.74) is 0.176. The smallest absolute Gasteiger partial charge is 0.330 e. The van der Waals surface area contributed by atoms with Gasteiger partial charge in [0, 0.05) is 18.4 Å². The molecule has 1 fully saturated rings. The van der Waals surface area contributed by atoms with E-state index in [4.69, 9.17) is 5.11 Å². The molecule has 13 heavy (non-hydrogen) atoms. The van der Waals surface area contributed by atoms with E-state index in [0.717, 1.165) is 0 Å². The van der Waals surface area contributed by atoms with Gasteiger partial charge in [0.2, 0.25) is 11.8 Å². The van der Waals surface area contributed by atoms with E-state index in [1.807, 2.05) is 0 Å². The highest BCUT2D eigenvalue weighted by Gasteiger charge is 2.15. The van der Waals surface area contributed by atoms with Gasteiger partial charge in [0.1, 0.15) is 0 Å². The summed E-state index contributed by atoms with van der Waals surface area (Å²) in [5.74, 6) is -1.23. The van der Waals surface area contributed by atoms with Crippen molar-refractivity contribution >= 4 is 17.8 Å². The molecule has 0 aromatic heterocycles. The molecule has 0 saturated carbocycles. The van der Waals surface area contributed by atoms with Gasteiger partial charge in [0.05, 0.1) is 0 Å². The maximum atomic E-state index is 10.1. The predicted octanol–water partition coefficient (Wildman–Crippen LogP) is 0.0701. The Labute approximate surface area is 75.4 Å². The standard InChI is InChI=1S/C4H5NO2.C4H6O2/c6-3-1-2-4(7)5-3;1-3(2)4(5)6/h1-2H2,(H,5,6,7);1H2,2H3,(H,5,6). The predicted molar refractivity (Wildman–Crippen MR) is 44.8 cm³/mol. The van der Waals surface area contributed by atoms with Crippen LogP contribution in [0.5, 0.6) is 0 Å². The van der Waals surface area contributed by atoms with Gasteiger partial charge in [-0.1, -0.05) is 6.58 Å².